The lowest BCUT2D eigenvalue weighted by Crippen LogP contribution is -2.28. The van der Waals surface area contributed by atoms with Gasteiger partial charge >= 0.3 is 0 Å². The smallest absolute Gasteiger partial charge is 0.0743 e. The van der Waals surface area contributed by atoms with Crippen LogP contribution in [-0.2, 0) is 0 Å². The van der Waals surface area contributed by atoms with Crippen LogP contribution in [0.4, 0.5) is 0 Å². The predicted octanol–water partition coefficient (Wildman–Crippen LogP) is 9.85. The van der Waals surface area contributed by atoms with Gasteiger partial charge in [-0.05, 0) is 117 Å². The van der Waals surface area contributed by atoms with Gasteiger partial charge in [-0.1, -0.05) is 146 Å². The van der Waals surface area contributed by atoms with Crippen LogP contribution >= 0.6 is 0 Å². The predicted molar refractivity (Wildman–Crippen MR) is 260 cm³/mol. The highest BCUT2D eigenvalue weighted by Gasteiger charge is 2.41. The van der Waals surface area contributed by atoms with E-state index in [1.807, 2.05) is 0 Å². The normalized spacial score (nSPS) is 19.1. The van der Waals surface area contributed by atoms with E-state index in [0.29, 0.717) is 0 Å². The van der Waals surface area contributed by atoms with E-state index in [2.05, 4.69) is 180 Å². The zero-order chi connectivity index (χ0) is 41.1. The number of aromatic amines is 1. The molecule has 2 atom stereocenters. The Kier molecular flexibility index (Phi) is 5.56. The molecule has 0 radical (unpaired) electrons. The Morgan fingerprint density at radius 3 is 1.47 bits per heavy atom. The highest BCUT2D eigenvalue weighted by atomic mass is 15.0. The zero-order valence-corrected chi connectivity index (χ0v) is 34.2. The van der Waals surface area contributed by atoms with Gasteiger partial charge in [0.15, 0.2) is 0 Å². The summed E-state index contributed by atoms with van der Waals surface area (Å²) in [5.41, 5.74) is 12.1. The maximum Gasteiger partial charge on any atom is 0.0743 e. The molecule has 292 valence electrons. The van der Waals surface area contributed by atoms with Gasteiger partial charge in [-0.15, -0.1) is 0 Å². The van der Waals surface area contributed by atoms with E-state index in [9.17, 15) is 0 Å². The number of rotatable bonds is 0. The second-order valence-electron chi connectivity index (χ2n) is 18.4. The molecule has 0 fully saturated rings. The highest BCUT2D eigenvalue weighted by molar-refractivity contribution is 6.17. The monoisotopic (exact) mass is 808 g/mol. The van der Waals surface area contributed by atoms with E-state index < -0.39 is 0 Å². The average molecular weight is 809 g/mol. The van der Waals surface area contributed by atoms with Crippen molar-refractivity contribution in [1.82, 2.24) is 20.3 Å². The van der Waals surface area contributed by atoms with Crippen molar-refractivity contribution in [3.8, 4) is 22.3 Å². The van der Waals surface area contributed by atoms with Crippen LogP contribution in [0, 0.1) is 20.9 Å². The first kappa shape index (κ1) is 32.4. The summed E-state index contributed by atoms with van der Waals surface area (Å²) < 4.78 is 0. The number of hydrogen-bond donors (Lipinski definition) is 2. The molecule has 2 unspecified atom stereocenters. The lowest BCUT2D eigenvalue weighted by atomic mass is 9.90. The van der Waals surface area contributed by atoms with Crippen LogP contribution in [0.5, 0.6) is 0 Å². The van der Waals surface area contributed by atoms with Crippen LogP contribution in [0.25, 0.3) is 117 Å². The molecule has 4 heteroatoms. The van der Waals surface area contributed by atoms with Crippen LogP contribution in [0.15, 0.2) is 151 Å². The van der Waals surface area contributed by atoms with Gasteiger partial charge in [-0.2, -0.15) is 0 Å². The number of aromatic nitrogens is 3. The first-order chi connectivity index (χ1) is 31.7. The summed E-state index contributed by atoms with van der Waals surface area (Å²) in [5.74, 6) is 0.102. The maximum absolute atomic E-state index is 5.72. The number of hydrogen-bond acceptors (Lipinski definition) is 3. The molecule has 4 nitrogen and oxygen atoms in total. The number of nitrogens with zero attached hydrogens (tertiary/aromatic N) is 2. The van der Waals surface area contributed by atoms with Gasteiger partial charge in [0, 0.05) is 54.3 Å². The Balaban J connectivity index is 1.10. The fraction of sp³-hybridized carbons (Fsp3) is 0.0333. The van der Waals surface area contributed by atoms with Crippen molar-refractivity contribution >= 4 is 94.5 Å². The molecule has 17 rings (SSSR count). The van der Waals surface area contributed by atoms with Crippen LogP contribution in [-0.4, -0.2) is 21.0 Å². The summed E-state index contributed by atoms with van der Waals surface area (Å²) in [6, 6.07) is 54.0. The Bertz CT molecular complexity index is 4750. The quantitative estimate of drug-likeness (QED) is 0.161. The summed E-state index contributed by atoms with van der Waals surface area (Å²) in [4.78, 5) is 15.5. The Labute approximate surface area is 363 Å². The number of benzene rings is 8. The van der Waals surface area contributed by atoms with E-state index in [4.69, 9.17) is 9.97 Å². The Hall–Kier alpha value is -8.34. The molecule has 2 N–H and O–H groups in total. The van der Waals surface area contributed by atoms with Crippen molar-refractivity contribution in [2.24, 2.45) is 0 Å². The molecular formula is C60H32N4. The third-order valence-electron chi connectivity index (χ3n) is 15.4. The summed E-state index contributed by atoms with van der Waals surface area (Å²) in [5, 5.41) is 28.5. The number of fused-ring (bicyclic) bond motifs is 25. The first-order valence-corrected chi connectivity index (χ1v) is 22.4. The number of allylic oxidation sites excluding steroid dienone is 1. The molecule has 5 heterocycles. The van der Waals surface area contributed by atoms with Crippen LogP contribution in [0.1, 0.15) is 28.4 Å². The number of H-pyrrole nitrogens is 1. The third kappa shape index (κ3) is 3.73. The van der Waals surface area contributed by atoms with Crippen LogP contribution in [0.3, 0.4) is 0 Å². The van der Waals surface area contributed by atoms with Crippen molar-refractivity contribution in [2.45, 2.75) is 12.0 Å². The van der Waals surface area contributed by atoms with Crippen LogP contribution in [0.2, 0.25) is 0 Å². The molecule has 8 bridgehead atoms. The molecule has 4 aliphatic carbocycles. The molecular weight excluding hydrogens is 777 g/mol. The largest absolute Gasteiger partial charge is 0.377 e. The highest BCUT2D eigenvalue weighted by Crippen LogP contribution is 2.52. The van der Waals surface area contributed by atoms with E-state index in [-0.39, 0.29) is 12.0 Å². The molecule has 0 saturated heterocycles. The topological polar surface area (TPSA) is 53.6 Å². The fourth-order valence-electron chi connectivity index (χ4n) is 13.1. The van der Waals surface area contributed by atoms with Crippen molar-refractivity contribution in [3.63, 3.8) is 0 Å². The minimum atomic E-state index is -0.0509. The van der Waals surface area contributed by atoms with Gasteiger partial charge in [-0.3, -0.25) is 0 Å². The van der Waals surface area contributed by atoms with E-state index in [1.165, 1.54) is 124 Å². The van der Waals surface area contributed by atoms with Gasteiger partial charge in [0.25, 0.3) is 0 Å². The fourth-order valence-corrected chi connectivity index (χ4v) is 13.1. The molecule has 1 aromatic heterocycles. The van der Waals surface area contributed by atoms with Crippen LogP contribution < -0.4 is 26.7 Å². The molecule has 0 saturated carbocycles. The van der Waals surface area contributed by atoms with Gasteiger partial charge in [-0.25, -0.2) is 9.97 Å². The molecule has 64 heavy (non-hydrogen) atoms. The van der Waals surface area contributed by atoms with Gasteiger partial charge < -0.3 is 10.3 Å². The summed E-state index contributed by atoms with van der Waals surface area (Å²) in [6.45, 7) is 0. The Morgan fingerprint density at radius 1 is 0.406 bits per heavy atom. The molecule has 8 aromatic carbocycles. The zero-order valence-electron chi connectivity index (χ0n) is 34.2. The average Bonchev–Trinajstić information content (AvgIpc) is 4.21. The van der Waals surface area contributed by atoms with Crippen molar-refractivity contribution in [2.75, 3.05) is 0 Å². The lowest BCUT2D eigenvalue weighted by Gasteiger charge is -2.16. The Morgan fingerprint density at radius 2 is 0.875 bits per heavy atom. The minimum absolute atomic E-state index is 0.0509. The second-order valence-corrected chi connectivity index (χ2v) is 18.4. The molecule has 8 aliphatic rings. The minimum Gasteiger partial charge on any atom is -0.377 e. The molecule has 0 spiro atoms. The lowest BCUT2D eigenvalue weighted by molar-refractivity contribution is 0.713. The van der Waals surface area contributed by atoms with Crippen molar-refractivity contribution in [3.05, 3.63) is 216 Å². The van der Waals surface area contributed by atoms with Gasteiger partial charge in [0.2, 0.25) is 0 Å². The van der Waals surface area contributed by atoms with Gasteiger partial charge in [0.05, 0.1) is 28.1 Å². The molecule has 4 aliphatic heterocycles. The molecule has 0 amide bonds. The summed E-state index contributed by atoms with van der Waals surface area (Å²) in [7, 11) is 0. The van der Waals surface area contributed by atoms with E-state index >= 15 is 0 Å². The van der Waals surface area contributed by atoms with E-state index in [1.54, 1.807) is 0 Å². The first-order valence-electron chi connectivity index (χ1n) is 22.4. The summed E-state index contributed by atoms with van der Waals surface area (Å²) >= 11 is 0. The number of nitrogens with one attached hydrogen (secondary N) is 2. The summed E-state index contributed by atoms with van der Waals surface area (Å²) in [6.07, 6.45) is 9.50. The second kappa shape index (κ2) is 11.0. The third-order valence-corrected chi connectivity index (χ3v) is 15.4. The molecule has 9 aromatic rings. The van der Waals surface area contributed by atoms with E-state index in [0.717, 1.165) is 38.5 Å². The van der Waals surface area contributed by atoms with Crippen molar-refractivity contribution < 1.29 is 0 Å². The van der Waals surface area contributed by atoms with Crippen molar-refractivity contribution in [1.29, 1.82) is 0 Å². The van der Waals surface area contributed by atoms with Gasteiger partial charge in [0.1, 0.15) is 0 Å². The standard InChI is InChI=1S/C60H32N4/c1-9-29-10-2-18-34-49(29)33(17-1)53-41-25-43-55-35-19-3-11-30-12-5-21-37(50(30)35)57(55)45(62-43)27-47-59-39-23-7-15-32-16-8-24-40(52(32)39)60(59)48(64-47)28-46-58-38-22-6-14-31-13-4-20-36(51(31)38)56(58)44(63-46)26-42(61-41)54(34)53/h1-28,41,53,61,64H/b43-25-,44-26-,47-27-,48-28-. The maximum atomic E-state index is 5.72. The SMILES string of the molecule is C1=c2\[nH]/c(c3c2-c2cccc4cccc-3c24)=C\c2n/c(c3c4cccc5cccc(c2=3)c54)=C\C2NC(=C3c4cccc5cccc(c45)C32)/C=c2\nc/1c1c3cccc4cccc(c2=1)c43.